The summed E-state index contributed by atoms with van der Waals surface area (Å²) in [7, 11) is 3.21. The average Bonchev–Trinajstić information content (AvgIpc) is 3.43. The molecule has 0 spiro atoms. The third-order valence-electron chi connectivity index (χ3n) is 4.85. The number of carbonyl (C=O) groups is 1. The Labute approximate surface area is 182 Å². The molecule has 0 saturated carbocycles. The molecule has 1 aromatic carbocycles. The average molecular weight is 426 g/mol. The van der Waals surface area contributed by atoms with E-state index in [1.54, 1.807) is 30.2 Å². The Morgan fingerprint density at radius 1 is 1.00 bits per heavy atom. The van der Waals surface area contributed by atoms with Gasteiger partial charge in [0.25, 0.3) is 5.91 Å². The zero-order valence-corrected chi connectivity index (χ0v) is 17.3. The number of methoxy groups -OCH3 is 1. The second-order valence-electron chi connectivity index (χ2n) is 7.01. The number of nitrogens with one attached hydrogen (secondary N) is 1. The van der Waals surface area contributed by atoms with Gasteiger partial charge < -0.3 is 10.1 Å². The third-order valence-corrected chi connectivity index (χ3v) is 4.85. The minimum absolute atomic E-state index is 0.275. The molecule has 32 heavy (non-hydrogen) atoms. The molecule has 4 aromatic heterocycles. The molecule has 0 aliphatic heterocycles. The lowest BCUT2D eigenvalue weighted by molar-refractivity contribution is 0.102. The zero-order chi connectivity index (χ0) is 22.1. The predicted molar refractivity (Wildman–Crippen MR) is 117 cm³/mol. The van der Waals surface area contributed by atoms with Crippen molar-refractivity contribution in [1.82, 2.24) is 34.6 Å². The topological polar surface area (TPSA) is 112 Å². The van der Waals surface area contributed by atoms with Crippen LogP contribution in [0.1, 0.15) is 10.4 Å². The Morgan fingerprint density at radius 2 is 1.84 bits per heavy atom. The summed E-state index contributed by atoms with van der Waals surface area (Å²) in [6.07, 6.45) is 5.04. The molecule has 0 atom stereocenters. The van der Waals surface area contributed by atoms with Gasteiger partial charge in [-0.2, -0.15) is 9.61 Å². The molecule has 0 bridgehead atoms. The summed E-state index contributed by atoms with van der Waals surface area (Å²) in [5.41, 5.74) is 4.10. The molecular formula is C22H18N8O2. The van der Waals surface area contributed by atoms with Gasteiger partial charge in [0.2, 0.25) is 5.88 Å². The van der Waals surface area contributed by atoms with Crippen LogP contribution in [-0.2, 0) is 7.05 Å². The molecular weight excluding hydrogens is 408 g/mol. The van der Waals surface area contributed by atoms with Crippen LogP contribution in [0, 0.1) is 0 Å². The summed E-state index contributed by atoms with van der Waals surface area (Å²) in [5, 5.41) is 20.1. The molecule has 158 valence electrons. The molecule has 5 aromatic rings. The highest BCUT2D eigenvalue weighted by Gasteiger charge is 2.17. The first-order valence-electron chi connectivity index (χ1n) is 9.74. The number of benzene rings is 1. The summed E-state index contributed by atoms with van der Waals surface area (Å²) in [4.78, 5) is 16.7. The first kappa shape index (κ1) is 19.4. The van der Waals surface area contributed by atoms with E-state index in [4.69, 9.17) is 9.84 Å². The van der Waals surface area contributed by atoms with E-state index >= 15 is 0 Å². The number of amides is 1. The van der Waals surface area contributed by atoms with Crippen molar-refractivity contribution in [3.05, 3.63) is 72.7 Å². The number of anilines is 1. The van der Waals surface area contributed by atoms with E-state index in [9.17, 15) is 4.79 Å². The Morgan fingerprint density at radius 3 is 2.59 bits per heavy atom. The minimum atomic E-state index is -0.298. The molecule has 10 heteroatoms. The first-order chi connectivity index (χ1) is 15.6. The SMILES string of the molecule is COc1nn(C)cc1C(=O)Nc1ccc(-c2ccc3nnc(-c4cccnc4)n3n2)cc1. The van der Waals surface area contributed by atoms with Crippen LogP contribution in [0.5, 0.6) is 5.88 Å². The van der Waals surface area contributed by atoms with Crippen molar-refractivity contribution >= 4 is 17.2 Å². The van der Waals surface area contributed by atoms with Crippen molar-refractivity contribution in [2.45, 2.75) is 0 Å². The highest BCUT2D eigenvalue weighted by molar-refractivity contribution is 6.05. The van der Waals surface area contributed by atoms with Crippen LogP contribution in [0.2, 0.25) is 0 Å². The van der Waals surface area contributed by atoms with Crippen LogP contribution in [0.3, 0.4) is 0 Å². The largest absolute Gasteiger partial charge is 0.479 e. The maximum Gasteiger partial charge on any atom is 0.262 e. The lowest BCUT2D eigenvalue weighted by atomic mass is 10.1. The van der Waals surface area contributed by atoms with E-state index in [0.29, 0.717) is 22.7 Å². The number of ether oxygens (including phenoxy) is 1. The number of rotatable bonds is 5. The number of aryl methyl sites for hydroxylation is 1. The van der Waals surface area contributed by atoms with E-state index in [1.807, 2.05) is 48.5 Å². The van der Waals surface area contributed by atoms with Gasteiger partial charge in [-0.15, -0.1) is 15.3 Å². The van der Waals surface area contributed by atoms with E-state index in [2.05, 4.69) is 25.6 Å². The van der Waals surface area contributed by atoms with Crippen LogP contribution in [0.25, 0.3) is 28.3 Å². The highest BCUT2D eigenvalue weighted by atomic mass is 16.5. The van der Waals surface area contributed by atoms with Crippen molar-refractivity contribution in [2.24, 2.45) is 7.05 Å². The Hall–Kier alpha value is -4.60. The fraction of sp³-hybridized carbons (Fsp3) is 0.0909. The van der Waals surface area contributed by atoms with Crippen LogP contribution in [0.4, 0.5) is 5.69 Å². The second-order valence-corrected chi connectivity index (χ2v) is 7.01. The number of hydrogen-bond donors (Lipinski definition) is 1. The number of carbonyl (C=O) groups excluding carboxylic acids is 1. The summed E-state index contributed by atoms with van der Waals surface area (Å²) in [6, 6.07) is 14.9. The lowest BCUT2D eigenvalue weighted by Crippen LogP contribution is -2.12. The zero-order valence-electron chi connectivity index (χ0n) is 17.3. The molecule has 5 rings (SSSR count). The van der Waals surface area contributed by atoms with Crippen molar-refractivity contribution in [3.63, 3.8) is 0 Å². The smallest absolute Gasteiger partial charge is 0.262 e. The Kier molecular flexibility index (Phi) is 4.79. The van der Waals surface area contributed by atoms with Gasteiger partial charge in [0, 0.05) is 42.5 Å². The van der Waals surface area contributed by atoms with Gasteiger partial charge >= 0.3 is 0 Å². The van der Waals surface area contributed by atoms with Gasteiger partial charge in [0.05, 0.1) is 12.8 Å². The van der Waals surface area contributed by atoms with Crippen molar-refractivity contribution < 1.29 is 9.53 Å². The number of fused-ring (bicyclic) bond motifs is 1. The molecule has 0 unspecified atom stereocenters. The van der Waals surface area contributed by atoms with Gasteiger partial charge in [0.15, 0.2) is 11.5 Å². The number of nitrogens with zero attached hydrogens (tertiary/aromatic N) is 7. The van der Waals surface area contributed by atoms with Gasteiger partial charge in [-0.05, 0) is 36.4 Å². The van der Waals surface area contributed by atoms with Gasteiger partial charge in [-0.1, -0.05) is 12.1 Å². The third kappa shape index (κ3) is 3.54. The molecule has 0 radical (unpaired) electrons. The molecule has 4 heterocycles. The van der Waals surface area contributed by atoms with Gasteiger partial charge in [-0.25, -0.2) is 0 Å². The molecule has 0 fully saturated rings. The van der Waals surface area contributed by atoms with Crippen molar-refractivity contribution in [1.29, 1.82) is 0 Å². The fourth-order valence-corrected chi connectivity index (χ4v) is 3.32. The minimum Gasteiger partial charge on any atom is -0.479 e. The first-order valence-corrected chi connectivity index (χ1v) is 9.74. The van der Waals surface area contributed by atoms with E-state index in [-0.39, 0.29) is 11.8 Å². The number of pyridine rings is 1. The quantitative estimate of drug-likeness (QED) is 0.460. The molecule has 1 amide bonds. The van der Waals surface area contributed by atoms with Crippen molar-refractivity contribution in [2.75, 3.05) is 12.4 Å². The Bertz CT molecular complexity index is 1410. The summed E-state index contributed by atoms with van der Waals surface area (Å²) >= 11 is 0. The lowest BCUT2D eigenvalue weighted by Gasteiger charge is -2.07. The van der Waals surface area contributed by atoms with E-state index in [0.717, 1.165) is 16.8 Å². The molecule has 10 nitrogen and oxygen atoms in total. The maximum absolute atomic E-state index is 12.6. The summed E-state index contributed by atoms with van der Waals surface area (Å²) < 4.78 is 8.38. The summed E-state index contributed by atoms with van der Waals surface area (Å²) in [5.74, 6) is 0.592. The fourth-order valence-electron chi connectivity index (χ4n) is 3.32. The van der Waals surface area contributed by atoms with Crippen LogP contribution in [0.15, 0.2) is 67.1 Å². The van der Waals surface area contributed by atoms with Crippen molar-refractivity contribution in [3.8, 4) is 28.5 Å². The number of aromatic nitrogens is 7. The van der Waals surface area contributed by atoms with E-state index in [1.165, 1.54) is 11.8 Å². The standard InChI is InChI=1S/C22H18N8O2/c1-29-13-17(22(28-29)32-2)21(31)24-16-7-5-14(6-8-16)18-9-10-19-25-26-20(30(19)27-18)15-4-3-11-23-12-15/h3-13H,1-2H3,(H,24,31). The van der Waals surface area contributed by atoms with Gasteiger partial charge in [-0.3, -0.25) is 14.5 Å². The molecule has 0 saturated heterocycles. The molecule has 1 N–H and O–H groups in total. The number of hydrogen-bond acceptors (Lipinski definition) is 7. The Balaban J connectivity index is 1.41. The predicted octanol–water partition coefficient (Wildman–Crippen LogP) is 2.85. The van der Waals surface area contributed by atoms with Crippen LogP contribution in [-0.4, -0.2) is 47.6 Å². The van der Waals surface area contributed by atoms with Crippen LogP contribution < -0.4 is 10.1 Å². The second kappa shape index (κ2) is 7.91. The summed E-state index contributed by atoms with van der Waals surface area (Å²) in [6.45, 7) is 0. The van der Waals surface area contributed by atoms with Gasteiger partial charge in [0.1, 0.15) is 5.56 Å². The normalized spacial score (nSPS) is 10.9. The molecule has 0 aliphatic carbocycles. The van der Waals surface area contributed by atoms with E-state index < -0.39 is 0 Å². The maximum atomic E-state index is 12.6. The monoisotopic (exact) mass is 426 g/mol. The molecule has 0 aliphatic rings. The van der Waals surface area contributed by atoms with Crippen LogP contribution >= 0.6 is 0 Å². The highest BCUT2D eigenvalue weighted by Crippen LogP contribution is 2.23.